The maximum absolute atomic E-state index is 5.45. The molecule has 0 N–H and O–H groups in total. The number of ether oxygens (including phenoxy) is 1. The fraction of sp³-hybridized carbons (Fsp3) is 0.286. The highest BCUT2D eigenvalue weighted by atomic mass is 32.1. The van der Waals surface area contributed by atoms with Gasteiger partial charge in [-0.25, -0.2) is 0 Å². The Morgan fingerprint density at radius 1 is 1.24 bits per heavy atom. The van der Waals surface area contributed by atoms with Gasteiger partial charge in [0.15, 0.2) is 0 Å². The van der Waals surface area contributed by atoms with E-state index in [1.54, 1.807) is 11.3 Å². The molecule has 1 nitrogen and oxygen atoms in total. The Bertz CT molecular complexity index is 485. The average Bonchev–Trinajstić information content (AvgIpc) is 2.72. The third kappa shape index (κ3) is 2.67. The number of benzene rings is 1. The highest BCUT2D eigenvalue weighted by molar-refractivity contribution is 7.79. The molecule has 0 atom stereocenters. The number of thiol groups is 1. The first-order valence-electron chi connectivity index (χ1n) is 5.67. The number of thiophene rings is 1. The summed E-state index contributed by atoms with van der Waals surface area (Å²) in [5.41, 5.74) is 3.88. The van der Waals surface area contributed by atoms with Crippen molar-refractivity contribution in [3.63, 3.8) is 0 Å². The minimum absolute atomic E-state index is 0.707. The second-order valence-corrected chi connectivity index (χ2v) is 5.21. The molecule has 1 aromatic heterocycles. The second-order valence-electron chi connectivity index (χ2n) is 3.81. The molecular formula is C14H16OS2. The van der Waals surface area contributed by atoms with Gasteiger partial charge in [0.05, 0.1) is 6.61 Å². The molecule has 0 aliphatic rings. The molecule has 0 aliphatic carbocycles. The maximum atomic E-state index is 5.45. The van der Waals surface area contributed by atoms with Gasteiger partial charge in [0, 0.05) is 10.6 Å². The molecule has 0 spiro atoms. The quantitative estimate of drug-likeness (QED) is 0.797. The molecule has 0 saturated carbocycles. The number of aryl methyl sites for hydroxylation is 1. The van der Waals surface area contributed by atoms with E-state index in [0.29, 0.717) is 6.61 Å². The molecule has 2 aromatic rings. The zero-order valence-corrected chi connectivity index (χ0v) is 11.8. The van der Waals surface area contributed by atoms with Crippen LogP contribution in [0.15, 0.2) is 29.6 Å². The first-order chi connectivity index (χ1) is 8.26. The lowest BCUT2D eigenvalue weighted by molar-refractivity contribution is 0.340. The van der Waals surface area contributed by atoms with Crippen molar-refractivity contribution in [2.45, 2.75) is 19.6 Å². The number of rotatable bonds is 4. The molecule has 3 heteroatoms. The molecule has 0 radical (unpaired) electrons. The van der Waals surface area contributed by atoms with Crippen LogP contribution in [0.5, 0.6) is 5.75 Å². The van der Waals surface area contributed by atoms with E-state index in [4.69, 9.17) is 4.74 Å². The van der Waals surface area contributed by atoms with Crippen molar-refractivity contribution < 1.29 is 4.74 Å². The van der Waals surface area contributed by atoms with Gasteiger partial charge in [-0.3, -0.25) is 0 Å². The summed E-state index contributed by atoms with van der Waals surface area (Å²) in [6.45, 7) is 4.86. The molecule has 0 aliphatic heterocycles. The molecule has 17 heavy (non-hydrogen) atoms. The standard InChI is InChI=1S/C14H16OS2/c1-3-15-13-6-4-11(5-7-13)14-10(2)17-9-12(14)8-16/h4-7,9,16H,3,8H2,1-2H3. The summed E-state index contributed by atoms with van der Waals surface area (Å²) < 4.78 is 5.45. The maximum Gasteiger partial charge on any atom is 0.119 e. The lowest BCUT2D eigenvalue weighted by Gasteiger charge is -2.07. The van der Waals surface area contributed by atoms with Gasteiger partial charge in [0.2, 0.25) is 0 Å². The molecular weight excluding hydrogens is 248 g/mol. The van der Waals surface area contributed by atoms with Crippen molar-refractivity contribution in [3.05, 3.63) is 40.1 Å². The van der Waals surface area contributed by atoms with Crippen LogP contribution in [-0.4, -0.2) is 6.61 Å². The van der Waals surface area contributed by atoms with Crippen molar-refractivity contribution >= 4 is 24.0 Å². The first-order valence-corrected chi connectivity index (χ1v) is 7.18. The van der Waals surface area contributed by atoms with E-state index in [9.17, 15) is 0 Å². The van der Waals surface area contributed by atoms with Gasteiger partial charge >= 0.3 is 0 Å². The third-order valence-corrected chi connectivity index (χ3v) is 3.98. The van der Waals surface area contributed by atoms with Crippen molar-refractivity contribution in [2.24, 2.45) is 0 Å². The van der Waals surface area contributed by atoms with Crippen molar-refractivity contribution in [3.8, 4) is 16.9 Å². The zero-order chi connectivity index (χ0) is 12.3. The van der Waals surface area contributed by atoms with Gasteiger partial charge < -0.3 is 4.74 Å². The van der Waals surface area contributed by atoms with E-state index in [2.05, 4.69) is 37.1 Å². The summed E-state index contributed by atoms with van der Waals surface area (Å²) in [7, 11) is 0. The molecule has 2 rings (SSSR count). The average molecular weight is 264 g/mol. The second kappa shape index (κ2) is 5.61. The van der Waals surface area contributed by atoms with E-state index >= 15 is 0 Å². The summed E-state index contributed by atoms with van der Waals surface area (Å²) in [4.78, 5) is 1.35. The predicted octanol–water partition coefficient (Wildman–Crippen LogP) is 4.55. The Morgan fingerprint density at radius 2 is 1.94 bits per heavy atom. The summed E-state index contributed by atoms with van der Waals surface area (Å²) in [6.07, 6.45) is 0. The van der Waals surface area contributed by atoms with E-state index in [1.165, 1.54) is 21.6 Å². The highest BCUT2D eigenvalue weighted by Crippen LogP contribution is 2.34. The van der Waals surface area contributed by atoms with Crippen LogP contribution in [0.1, 0.15) is 17.4 Å². The van der Waals surface area contributed by atoms with Gasteiger partial charge in [-0.05, 0) is 48.1 Å². The molecule has 0 unspecified atom stereocenters. The van der Waals surface area contributed by atoms with Gasteiger partial charge in [0.25, 0.3) is 0 Å². The molecule has 1 heterocycles. The largest absolute Gasteiger partial charge is 0.494 e. The third-order valence-electron chi connectivity index (χ3n) is 2.68. The Labute approximate surface area is 112 Å². The van der Waals surface area contributed by atoms with Crippen LogP contribution in [0.25, 0.3) is 11.1 Å². The smallest absolute Gasteiger partial charge is 0.119 e. The van der Waals surface area contributed by atoms with Crippen LogP contribution in [-0.2, 0) is 5.75 Å². The zero-order valence-electron chi connectivity index (χ0n) is 10.1. The highest BCUT2D eigenvalue weighted by Gasteiger charge is 2.09. The Hall–Kier alpha value is -0.930. The Kier molecular flexibility index (Phi) is 4.13. The lowest BCUT2D eigenvalue weighted by atomic mass is 10.0. The first kappa shape index (κ1) is 12.5. The van der Waals surface area contributed by atoms with Crippen LogP contribution in [0, 0.1) is 6.92 Å². The van der Waals surface area contributed by atoms with Crippen molar-refractivity contribution in [2.75, 3.05) is 6.61 Å². The van der Waals surface area contributed by atoms with E-state index < -0.39 is 0 Å². The summed E-state index contributed by atoms with van der Waals surface area (Å²) in [5, 5.41) is 2.19. The Morgan fingerprint density at radius 3 is 2.53 bits per heavy atom. The molecule has 0 fully saturated rings. The molecule has 0 amide bonds. The molecule has 90 valence electrons. The van der Waals surface area contributed by atoms with Gasteiger partial charge in [-0.1, -0.05) is 12.1 Å². The van der Waals surface area contributed by atoms with Crippen LogP contribution in [0.3, 0.4) is 0 Å². The lowest BCUT2D eigenvalue weighted by Crippen LogP contribution is -1.91. The fourth-order valence-electron chi connectivity index (χ4n) is 1.89. The van der Waals surface area contributed by atoms with Gasteiger partial charge in [-0.15, -0.1) is 11.3 Å². The minimum atomic E-state index is 0.707. The van der Waals surface area contributed by atoms with Crippen LogP contribution in [0.4, 0.5) is 0 Å². The van der Waals surface area contributed by atoms with Crippen LogP contribution >= 0.6 is 24.0 Å². The molecule has 0 saturated heterocycles. The summed E-state index contributed by atoms with van der Waals surface area (Å²) >= 11 is 6.16. The predicted molar refractivity (Wildman–Crippen MR) is 78.4 cm³/mol. The van der Waals surface area contributed by atoms with Gasteiger partial charge in [0.1, 0.15) is 5.75 Å². The molecule has 0 bridgehead atoms. The number of hydrogen-bond acceptors (Lipinski definition) is 3. The van der Waals surface area contributed by atoms with E-state index in [0.717, 1.165) is 11.5 Å². The summed E-state index contributed by atoms with van der Waals surface area (Å²) in [6, 6.07) is 8.29. The van der Waals surface area contributed by atoms with Crippen molar-refractivity contribution in [1.29, 1.82) is 0 Å². The van der Waals surface area contributed by atoms with Crippen LogP contribution < -0.4 is 4.74 Å². The monoisotopic (exact) mass is 264 g/mol. The topological polar surface area (TPSA) is 9.23 Å². The van der Waals surface area contributed by atoms with E-state index in [-0.39, 0.29) is 0 Å². The van der Waals surface area contributed by atoms with Gasteiger partial charge in [-0.2, -0.15) is 12.6 Å². The SMILES string of the molecule is CCOc1ccc(-c2c(CS)csc2C)cc1. The molecule has 1 aromatic carbocycles. The normalized spacial score (nSPS) is 10.5. The minimum Gasteiger partial charge on any atom is -0.494 e. The number of hydrogen-bond donors (Lipinski definition) is 1. The summed E-state index contributed by atoms with van der Waals surface area (Å²) in [5.74, 6) is 1.71. The Balaban J connectivity index is 2.36. The van der Waals surface area contributed by atoms with Crippen molar-refractivity contribution in [1.82, 2.24) is 0 Å². The fourth-order valence-corrected chi connectivity index (χ4v) is 3.15. The van der Waals surface area contributed by atoms with E-state index in [1.807, 2.05) is 19.1 Å². The van der Waals surface area contributed by atoms with Crippen LogP contribution in [0.2, 0.25) is 0 Å².